The van der Waals surface area contributed by atoms with E-state index in [4.69, 9.17) is 9.47 Å². The van der Waals surface area contributed by atoms with Crippen molar-refractivity contribution in [2.75, 3.05) is 38.8 Å². The van der Waals surface area contributed by atoms with Crippen molar-refractivity contribution in [3.8, 4) is 17.6 Å². The van der Waals surface area contributed by atoms with E-state index in [0.717, 1.165) is 23.1 Å². The minimum absolute atomic E-state index is 0.168. The first kappa shape index (κ1) is 21.7. The molecule has 0 aliphatic carbocycles. The van der Waals surface area contributed by atoms with Gasteiger partial charge in [-0.05, 0) is 29.8 Å². The Morgan fingerprint density at radius 3 is 2.34 bits per heavy atom. The summed E-state index contributed by atoms with van der Waals surface area (Å²) in [6, 6.07) is 10.8. The van der Waals surface area contributed by atoms with Crippen LogP contribution in [0.15, 0.2) is 42.6 Å². The van der Waals surface area contributed by atoms with E-state index >= 15 is 0 Å². The van der Waals surface area contributed by atoms with Crippen molar-refractivity contribution in [2.45, 2.75) is 12.2 Å². The molecule has 32 heavy (non-hydrogen) atoms. The van der Waals surface area contributed by atoms with Gasteiger partial charge < -0.3 is 19.7 Å². The van der Waals surface area contributed by atoms with E-state index in [1.165, 1.54) is 32.5 Å². The summed E-state index contributed by atoms with van der Waals surface area (Å²) >= 11 is 0. The maximum Gasteiger partial charge on any atom is 0.416 e. The number of fused-ring (bicyclic) bond motifs is 1. The molecule has 1 fully saturated rings. The molecule has 1 aliphatic rings. The van der Waals surface area contributed by atoms with Gasteiger partial charge in [-0.25, -0.2) is 4.98 Å². The summed E-state index contributed by atoms with van der Waals surface area (Å²) in [7, 11) is 3.07. The molecule has 9 heteroatoms. The standard InChI is InChI=1S/C23H21F3N4O2/c1-31-20-9-17-15(11-27)12-29-22(18(17)10-21(20)32-2)30-8-7-28-19(13-30)14-3-5-16(6-4-14)23(24,25)26/h3-6,9-10,12,19,28H,7-8,13H2,1-2H3. The van der Waals surface area contributed by atoms with Gasteiger partial charge in [-0.3, -0.25) is 0 Å². The summed E-state index contributed by atoms with van der Waals surface area (Å²) in [4.78, 5) is 6.60. The van der Waals surface area contributed by atoms with Gasteiger partial charge >= 0.3 is 6.18 Å². The maximum atomic E-state index is 12.9. The van der Waals surface area contributed by atoms with Crippen LogP contribution in [-0.2, 0) is 6.18 Å². The summed E-state index contributed by atoms with van der Waals surface area (Å²) in [6.07, 6.45) is -2.84. The van der Waals surface area contributed by atoms with Gasteiger partial charge in [-0.2, -0.15) is 18.4 Å². The van der Waals surface area contributed by atoms with Gasteiger partial charge in [0.15, 0.2) is 11.5 Å². The van der Waals surface area contributed by atoms with Gasteiger partial charge in [0.2, 0.25) is 0 Å². The number of hydrogen-bond donors (Lipinski definition) is 1. The number of pyridine rings is 1. The second-order valence-electron chi connectivity index (χ2n) is 7.43. The van der Waals surface area contributed by atoms with Crippen molar-refractivity contribution in [2.24, 2.45) is 0 Å². The second-order valence-corrected chi connectivity index (χ2v) is 7.43. The van der Waals surface area contributed by atoms with Crippen molar-refractivity contribution in [3.05, 3.63) is 59.3 Å². The molecule has 3 aromatic rings. The lowest BCUT2D eigenvalue weighted by Gasteiger charge is -2.35. The Morgan fingerprint density at radius 1 is 1.09 bits per heavy atom. The molecule has 0 radical (unpaired) electrons. The van der Waals surface area contributed by atoms with E-state index in [9.17, 15) is 18.4 Å². The zero-order valence-corrected chi connectivity index (χ0v) is 17.5. The van der Waals surface area contributed by atoms with Crippen molar-refractivity contribution < 1.29 is 22.6 Å². The number of ether oxygens (including phenoxy) is 2. The molecular formula is C23H21F3N4O2. The van der Waals surface area contributed by atoms with Crippen LogP contribution in [0.1, 0.15) is 22.7 Å². The summed E-state index contributed by atoms with van der Waals surface area (Å²) in [5, 5.41) is 14.3. The molecule has 0 bridgehead atoms. The van der Waals surface area contributed by atoms with Crippen LogP contribution < -0.4 is 19.7 Å². The summed E-state index contributed by atoms with van der Waals surface area (Å²) < 4.78 is 49.5. The number of hydrogen-bond acceptors (Lipinski definition) is 6. The van der Waals surface area contributed by atoms with Crippen LogP contribution >= 0.6 is 0 Å². The minimum atomic E-state index is -4.37. The van der Waals surface area contributed by atoms with Crippen LogP contribution in [0.25, 0.3) is 10.8 Å². The van der Waals surface area contributed by atoms with E-state index < -0.39 is 11.7 Å². The van der Waals surface area contributed by atoms with E-state index in [2.05, 4.69) is 21.3 Å². The highest BCUT2D eigenvalue weighted by atomic mass is 19.4. The summed E-state index contributed by atoms with van der Waals surface area (Å²) in [5.74, 6) is 1.71. The molecule has 6 nitrogen and oxygen atoms in total. The third-order valence-corrected chi connectivity index (χ3v) is 5.61. The lowest BCUT2D eigenvalue weighted by atomic mass is 10.0. The molecule has 1 N–H and O–H groups in total. The number of benzene rings is 2. The highest BCUT2D eigenvalue weighted by Crippen LogP contribution is 2.38. The van der Waals surface area contributed by atoms with E-state index in [0.29, 0.717) is 47.9 Å². The lowest BCUT2D eigenvalue weighted by Crippen LogP contribution is -2.46. The third-order valence-electron chi connectivity index (χ3n) is 5.61. The first-order valence-corrected chi connectivity index (χ1v) is 9.96. The Hall–Kier alpha value is -3.51. The van der Waals surface area contributed by atoms with Gasteiger partial charge in [0.1, 0.15) is 11.9 Å². The average Bonchev–Trinajstić information content (AvgIpc) is 2.82. The van der Waals surface area contributed by atoms with E-state index in [1.807, 2.05) is 0 Å². The van der Waals surface area contributed by atoms with E-state index in [-0.39, 0.29) is 6.04 Å². The first-order valence-electron chi connectivity index (χ1n) is 9.96. The molecule has 2 heterocycles. The van der Waals surface area contributed by atoms with Gasteiger partial charge in [0.25, 0.3) is 0 Å². The van der Waals surface area contributed by atoms with Gasteiger partial charge in [0.05, 0.1) is 25.3 Å². The molecule has 1 saturated heterocycles. The first-order chi connectivity index (χ1) is 15.4. The van der Waals surface area contributed by atoms with Crippen molar-refractivity contribution in [3.63, 3.8) is 0 Å². The molecule has 0 spiro atoms. The third kappa shape index (κ3) is 4.01. The van der Waals surface area contributed by atoms with Crippen molar-refractivity contribution in [1.29, 1.82) is 5.26 Å². The number of alkyl halides is 3. The highest BCUT2D eigenvalue weighted by Gasteiger charge is 2.31. The SMILES string of the molecule is COc1cc2c(C#N)cnc(N3CCNC(c4ccc(C(F)(F)F)cc4)C3)c2cc1OC. The molecule has 1 unspecified atom stereocenters. The molecule has 4 rings (SSSR count). The van der Waals surface area contributed by atoms with E-state index in [1.54, 1.807) is 12.1 Å². The fraction of sp³-hybridized carbons (Fsp3) is 0.304. The number of halogens is 3. The van der Waals surface area contributed by atoms with Crippen LogP contribution in [-0.4, -0.2) is 38.8 Å². The van der Waals surface area contributed by atoms with Crippen molar-refractivity contribution in [1.82, 2.24) is 10.3 Å². The second kappa shape index (κ2) is 8.55. The molecule has 1 aromatic heterocycles. The Labute approximate surface area is 183 Å². The minimum Gasteiger partial charge on any atom is -0.493 e. The van der Waals surface area contributed by atoms with Crippen molar-refractivity contribution >= 4 is 16.6 Å². The number of anilines is 1. The zero-order valence-electron chi connectivity index (χ0n) is 17.5. The van der Waals surface area contributed by atoms with Gasteiger partial charge in [0, 0.05) is 42.6 Å². The number of nitrogens with zero attached hydrogens (tertiary/aromatic N) is 3. The molecule has 1 atom stereocenters. The summed E-state index contributed by atoms with van der Waals surface area (Å²) in [6.45, 7) is 1.79. The smallest absolute Gasteiger partial charge is 0.416 e. The zero-order chi connectivity index (χ0) is 22.9. The normalized spacial score (nSPS) is 16.6. The number of aromatic nitrogens is 1. The Morgan fingerprint density at radius 2 is 1.75 bits per heavy atom. The topological polar surface area (TPSA) is 70.4 Å². The number of nitrogens with one attached hydrogen (secondary N) is 1. The molecule has 1 aliphatic heterocycles. The Kier molecular flexibility index (Phi) is 5.80. The number of methoxy groups -OCH3 is 2. The Bertz CT molecular complexity index is 1170. The fourth-order valence-corrected chi connectivity index (χ4v) is 3.96. The summed E-state index contributed by atoms with van der Waals surface area (Å²) in [5.41, 5.74) is 0.508. The maximum absolute atomic E-state index is 12.9. The van der Waals surface area contributed by atoms with Crippen LogP contribution in [0.4, 0.5) is 19.0 Å². The monoisotopic (exact) mass is 442 g/mol. The lowest BCUT2D eigenvalue weighted by molar-refractivity contribution is -0.137. The predicted octanol–water partition coefficient (Wildman–Crippen LogP) is 4.29. The van der Waals surface area contributed by atoms with Crippen LogP contribution in [0.5, 0.6) is 11.5 Å². The molecule has 166 valence electrons. The fourth-order valence-electron chi connectivity index (χ4n) is 3.96. The number of rotatable bonds is 4. The van der Waals surface area contributed by atoms with Crippen LogP contribution in [0.2, 0.25) is 0 Å². The molecule has 0 amide bonds. The molecule has 0 saturated carbocycles. The average molecular weight is 442 g/mol. The molecular weight excluding hydrogens is 421 g/mol. The van der Waals surface area contributed by atoms with Gasteiger partial charge in [-0.1, -0.05) is 12.1 Å². The predicted molar refractivity (Wildman–Crippen MR) is 114 cm³/mol. The molecule has 2 aromatic carbocycles. The van der Waals surface area contributed by atoms with Crippen LogP contribution in [0, 0.1) is 11.3 Å². The number of piperazine rings is 1. The highest BCUT2D eigenvalue weighted by molar-refractivity contribution is 5.98. The number of nitriles is 1. The van der Waals surface area contributed by atoms with Gasteiger partial charge in [-0.15, -0.1) is 0 Å². The largest absolute Gasteiger partial charge is 0.493 e. The van der Waals surface area contributed by atoms with Crippen LogP contribution in [0.3, 0.4) is 0 Å². The Balaban J connectivity index is 1.70. The quantitative estimate of drug-likeness (QED) is 0.650.